The zero-order valence-electron chi connectivity index (χ0n) is 11.3. The normalized spacial score (nSPS) is 10.6. The minimum Gasteiger partial charge on any atom is -0.495 e. The third-order valence-corrected chi connectivity index (χ3v) is 3.24. The molecule has 0 fully saturated rings. The van der Waals surface area contributed by atoms with Crippen molar-refractivity contribution in [1.82, 2.24) is 4.98 Å². The van der Waals surface area contributed by atoms with E-state index in [1.54, 1.807) is 31.5 Å². The van der Waals surface area contributed by atoms with Crippen molar-refractivity contribution in [3.8, 4) is 5.75 Å². The Morgan fingerprint density at radius 2 is 2.05 bits per heavy atom. The number of para-hydroxylation sites is 2. The maximum Gasteiger partial charge on any atom is 0.257 e. The van der Waals surface area contributed by atoms with Crippen molar-refractivity contribution < 1.29 is 13.9 Å². The fourth-order valence-corrected chi connectivity index (χ4v) is 2.22. The van der Waals surface area contributed by atoms with Gasteiger partial charge in [-0.1, -0.05) is 12.1 Å². The Balaban J connectivity index is 1.94. The van der Waals surface area contributed by atoms with E-state index in [2.05, 4.69) is 10.3 Å². The number of aromatic nitrogens is 1. The van der Waals surface area contributed by atoms with Crippen LogP contribution in [0.1, 0.15) is 10.4 Å². The van der Waals surface area contributed by atoms with Crippen molar-refractivity contribution in [2.24, 2.45) is 0 Å². The largest absolute Gasteiger partial charge is 0.495 e. The molecule has 0 atom stereocenters. The number of benzene rings is 2. The van der Waals surface area contributed by atoms with Crippen LogP contribution in [-0.2, 0) is 0 Å². The number of H-pyrrole nitrogens is 1. The van der Waals surface area contributed by atoms with Gasteiger partial charge in [0.25, 0.3) is 5.91 Å². The Kier molecular flexibility index (Phi) is 3.31. The van der Waals surface area contributed by atoms with Gasteiger partial charge in [-0.15, -0.1) is 0 Å². The summed E-state index contributed by atoms with van der Waals surface area (Å²) in [5.41, 5.74) is 1.62. The summed E-state index contributed by atoms with van der Waals surface area (Å²) >= 11 is 0. The summed E-state index contributed by atoms with van der Waals surface area (Å²) in [7, 11) is 1.54. The highest BCUT2D eigenvalue weighted by Crippen LogP contribution is 2.25. The number of nitrogens with one attached hydrogen (secondary N) is 2. The van der Waals surface area contributed by atoms with Gasteiger partial charge in [-0.25, -0.2) is 4.39 Å². The highest BCUT2D eigenvalue weighted by molar-refractivity contribution is 6.13. The molecule has 2 N–H and O–H groups in total. The van der Waals surface area contributed by atoms with Crippen LogP contribution in [0.15, 0.2) is 48.7 Å². The lowest BCUT2D eigenvalue weighted by Crippen LogP contribution is -2.12. The summed E-state index contributed by atoms with van der Waals surface area (Å²) in [6, 6.07) is 11.4. The summed E-state index contributed by atoms with van der Waals surface area (Å²) in [6.07, 6.45) is 1.56. The number of anilines is 1. The number of amides is 1. The summed E-state index contributed by atoms with van der Waals surface area (Å²) in [5, 5.41) is 3.46. The van der Waals surface area contributed by atoms with E-state index < -0.39 is 0 Å². The Morgan fingerprint density at radius 1 is 1.24 bits per heavy atom. The maximum atomic E-state index is 13.2. The monoisotopic (exact) mass is 284 g/mol. The van der Waals surface area contributed by atoms with Gasteiger partial charge in [-0.05, 0) is 30.3 Å². The number of carbonyl (C=O) groups excluding carboxylic acids is 1. The molecule has 0 aliphatic heterocycles. The van der Waals surface area contributed by atoms with Crippen LogP contribution in [0.3, 0.4) is 0 Å². The number of hydrogen-bond donors (Lipinski definition) is 2. The first-order valence-electron chi connectivity index (χ1n) is 6.40. The second-order valence-corrected chi connectivity index (χ2v) is 4.55. The van der Waals surface area contributed by atoms with Gasteiger partial charge in [0.1, 0.15) is 11.6 Å². The van der Waals surface area contributed by atoms with Gasteiger partial charge in [0.15, 0.2) is 0 Å². The van der Waals surface area contributed by atoms with Crippen molar-refractivity contribution in [2.75, 3.05) is 12.4 Å². The number of aromatic amines is 1. The molecule has 0 bridgehead atoms. The Labute approximate surface area is 120 Å². The molecule has 5 heteroatoms. The molecule has 0 aliphatic rings. The maximum absolute atomic E-state index is 13.2. The molecule has 0 aliphatic carbocycles. The number of hydrogen-bond acceptors (Lipinski definition) is 2. The van der Waals surface area contributed by atoms with E-state index in [1.165, 1.54) is 12.1 Å². The van der Waals surface area contributed by atoms with E-state index in [0.29, 0.717) is 27.9 Å². The molecule has 1 aromatic heterocycles. The summed E-state index contributed by atoms with van der Waals surface area (Å²) < 4.78 is 18.4. The van der Waals surface area contributed by atoms with Crippen LogP contribution in [0.2, 0.25) is 0 Å². The van der Waals surface area contributed by atoms with Crippen LogP contribution in [-0.4, -0.2) is 18.0 Å². The number of methoxy groups -OCH3 is 1. The van der Waals surface area contributed by atoms with Gasteiger partial charge in [-0.2, -0.15) is 0 Å². The molecule has 106 valence electrons. The molecular formula is C16H13FN2O2. The van der Waals surface area contributed by atoms with E-state index in [-0.39, 0.29) is 11.7 Å². The zero-order chi connectivity index (χ0) is 14.8. The lowest BCUT2D eigenvalue weighted by Gasteiger charge is -2.09. The van der Waals surface area contributed by atoms with Gasteiger partial charge in [-0.3, -0.25) is 4.79 Å². The van der Waals surface area contributed by atoms with E-state index >= 15 is 0 Å². The first-order chi connectivity index (χ1) is 10.2. The molecule has 0 saturated heterocycles. The predicted octanol–water partition coefficient (Wildman–Crippen LogP) is 3.57. The molecule has 0 saturated carbocycles. The molecule has 3 aromatic rings. The molecule has 0 unspecified atom stereocenters. The highest BCUT2D eigenvalue weighted by Gasteiger charge is 2.14. The number of carbonyl (C=O) groups is 1. The van der Waals surface area contributed by atoms with E-state index in [1.807, 2.05) is 12.1 Å². The first-order valence-corrected chi connectivity index (χ1v) is 6.40. The standard InChI is InChI=1S/C16H13FN2O2/c1-21-15-5-3-2-4-13(15)19-16(20)12-9-18-14-8-10(17)6-7-11(12)14/h2-9,18H,1H3,(H,19,20). The van der Waals surface area contributed by atoms with Crippen LogP contribution in [0.5, 0.6) is 5.75 Å². The third-order valence-electron chi connectivity index (χ3n) is 3.24. The van der Waals surface area contributed by atoms with E-state index in [4.69, 9.17) is 4.74 Å². The molecule has 4 nitrogen and oxygen atoms in total. The minimum absolute atomic E-state index is 0.280. The zero-order valence-corrected chi connectivity index (χ0v) is 11.3. The number of ether oxygens (including phenoxy) is 1. The van der Waals surface area contributed by atoms with Crippen molar-refractivity contribution in [3.05, 3.63) is 60.0 Å². The molecule has 21 heavy (non-hydrogen) atoms. The van der Waals surface area contributed by atoms with Gasteiger partial charge >= 0.3 is 0 Å². The highest BCUT2D eigenvalue weighted by atomic mass is 19.1. The summed E-state index contributed by atoms with van der Waals surface area (Å²) in [4.78, 5) is 15.3. The number of rotatable bonds is 3. The Bertz CT molecular complexity index is 811. The van der Waals surface area contributed by atoms with Crippen LogP contribution >= 0.6 is 0 Å². The molecule has 0 radical (unpaired) electrons. The van der Waals surface area contributed by atoms with Crippen LogP contribution < -0.4 is 10.1 Å². The van der Waals surface area contributed by atoms with Gasteiger partial charge < -0.3 is 15.0 Å². The van der Waals surface area contributed by atoms with Crippen LogP contribution in [0.25, 0.3) is 10.9 Å². The summed E-state index contributed by atoms with van der Waals surface area (Å²) in [5.74, 6) is -0.0462. The Hall–Kier alpha value is -2.82. The van der Waals surface area contributed by atoms with Crippen molar-refractivity contribution in [1.29, 1.82) is 0 Å². The second kappa shape index (κ2) is 5.28. The van der Waals surface area contributed by atoms with Crippen molar-refractivity contribution in [3.63, 3.8) is 0 Å². The molecule has 2 aromatic carbocycles. The SMILES string of the molecule is COc1ccccc1NC(=O)c1c[nH]c2cc(F)ccc12. The fourth-order valence-electron chi connectivity index (χ4n) is 2.22. The van der Waals surface area contributed by atoms with E-state index in [9.17, 15) is 9.18 Å². The lowest BCUT2D eigenvalue weighted by molar-refractivity contribution is 0.102. The molecule has 0 spiro atoms. The van der Waals surface area contributed by atoms with Crippen molar-refractivity contribution >= 4 is 22.5 Å². The molecule has 3 rings (SSSR count). The van der Waals surface area contributed by atoms with Crippen molar-refractivity contribution in [2.45, 2.75) is 0 Å². The van der Waals surface area contributed by atoms with E-state index in [0.717, 1.165) is 0 Å². The third kappa shape index (κ3) is 2.45. The van der Waals surface area contributed by atoms with Crippen LogP contribution in [0, 0.1) is 5.82 Å². The van der Waals surface area contributed by atoms with Gasteiger partial charge in [0.2, 0.25) is 0 Å². The number of fused-ring (bicyclic) bond motifs is 1. The van der Waals surface area contributed by atoms with Crippen LogP contribution in [0.4, 0.5) is 10.1 Å². The molecule has 1 heterocycles. The smallest absolute Gasteiger partial charge is 0.257 e. The average molecular weight is 284 g/mol. The quantitative estimate of drug-likeness (QED) is 0.772. The fraction of sp³-hybridized carbons (Fsp3) is 0.0625. The minimum atomic E-state index is -0.346. The predicted molar refractivity (Wildman–Crippen MR) is 79.2 cm³/mol. The molecular weight excluding hydrogens is 271 g/mol. The summed E-state index contributed by atoms with van der Waals surface area (Å²) in [6.45, 7) is 0. The lowest BCUT2D eigenvalue weighted by atomic mass is 10.1. The number of halogens is 1. The first kappa shape index (κ1) is 13.2. The van der Waals surface area contributed by atoms with Gasteiger partial charge in [0.05, 0.1) is 18.4 Å². The molecule has 1 amide bonds. The Morgan fingerprint density at radius 3 is 2.86 bits per heavy atom. The topological polar surface area (TPSA) is 54.1 Å². The second-order valence-electron chi connectivity index (χ2n) is 4.55. The average Bonchev–Trinajstić information content (AvgIpc) is 2.90. The van der Waals surface area contributed by atoms with Gasteiger partial charge in [0, 0.05) is 17.1 Å².